The highest BCUT2D eigenvalue weighted by Crippen LogP contribution is 2.39. The second kappa shape index (κ2) is 18.5. The number of esters is 2. The molecule has 0 fully saturated rings. The van der Waals surface area contributed by atoms with Crippen molar-refractivity contribution >= 4 is 11.9 Å². The fraction of sp³-hybridized carbons (Fsp3) is 0.771. The van der Waals surface area contributed by atoms with Gasteiger partial charge in [-0.15, -0.1) is 0 Å². The molecule has 0 saturated heterocycles. The van der Waals surface area contributed by atoms with Crippen molar-refractivity contribution in [2.75, 3.05) is 0 Å². The molecule has 0 aliphatic heterocycles. The number of carbonyl (C=O) groups excluding carboxylic acids is 2. The number of ether oxygens (including phenoxy) is 2. The largest absolute Gasteiger partial charge is 0.426 e. The van der Waals surface area contributed by atoms with Crippen LogP contribution in [0.2, 0.25) is 0 Å². The molecule has 0 bridgehead atoms. The second-order valence-electron chi connectivity index (χ2n) is 12.7. The van der Waals surface area contributed by atoms with Crippen molar-refractivity contribution in [3.63, 3.8) is 0 Å². The van der Waals surface area contributed by atoms with Gasteiger partial charge in [0.15, 0.2) is 0 Å². The van der Waals surface area contributed by atoms with Crippen LogP contribution in [0.4, 0.5) is 0 Å². The standard InChI is InChI=1S/C35H60O4/c1-11-32(36)38-34-28(8)29(9)35(39-33(37)12-2)31(30(34)10)23-22-27(7)21-15-20-26(6)19-14-18-25(5)17-13-16-24(3)4/h24-27H,11-23H2,1-10H3/t25-,26-,27+/m1/s1. The third-order valence-electron chi connectivity index (χ3n) is 8.47. The highest BCUT2D eigenvalue weighted by molar-refractivity contribution is 5.76. The fourth-order valence-corrected chi connectivity index (χ4v) is 5.45. The fourth-order valence-electron chi connectivity index (χ4n) is 5.45. The lowest BCUT2D eigenvalue weighted by Crippen LogP contribution is -2.14. The topological polar surface area (TPSA) is 52.6 Å². The molecule has 0 amide bonds. The number of hydrogen-bond donors (Lipinski definition) is 0. The first-order valence-electron chi connectivity index (χ1n) is 15.9. The summed E-state index contributed by atoms with van der Waals surface area (Å²) in [6.07, 6.45) is 14.4. The zero-order chi connectivity index (χ0) is 29.5. The Kier molecular flexibility index (Phi) is 16.7. The Hall–Kier alpha value is -1.84. The predicted molar refractivity (Wildman–Crippen MR) is 165 cm³/mol. The summed E-state index contributed by atoms with van der Waals surface area (Å²) in [7, 11) is 0. The first-order chi connectivity index (χ1) is 18.4. The molecule has 1 rings (SSSR count). The van der Waals surface area contributed by atoms with Crippen LogP contribution < -0.4 is 9.47 Å². The maximum absolute atomic E-state index is 12.2. The molecule has 0 spiro atoms. The van der Waals surface area contributed by atoms with Crippen molar-refractivity contribution in [2.45, 2.75) is 153 Å². The van der Waals surface area contributed by atoms with E-state index in [-0.39, 0.29) is 11.9 Å². The van der Waals surface area contributed by atoms with E-state index in [0.29, 0.717) is 30.3 Å². The average molecular weight is 545 g/mol. The number of carbonyl (C=O) groups is 2. The summed E-state index contributed by atoms with van der Waals surface area (Å²) in [5.74, 6) is 3.87. The van der Waals surface area contributed by atoms with Crippen molar-refractivity contribution in [3.8, 4) is 11.5 Å². The van der Waals surface area contributed by atoms with Gasteiger partial charge in [0, 0.05) is 18.4 Å². The van der Waals surface area contributed by atoms with E-state index in [2.05, 4.69) is 34.6 Å². The molecule has 1 aromatic carbocycles. The minimum atomic E-state index is -0.243. The predicted octanol–water partition coefficient (Wildman–Crippen LogP) is 10.3. The first-order valence-corrected chi connectivity index (χ1v) is 15.9. The van der Waals surface area contributed by atoms with Crippen LogP contribution in [0.25, 0.3) is 0 Å². The molecule has 0 unspecified atom stereocenters. The highest BCUT2D eigenvalue weighted by Gasteiger charge is 2.23. The lowest BCUT2D eigenvalue weighted by Gasteiger charge is -2.22. The Morgan fingerprint density at radius 1 is 0.564 bits per heavy atom. The van der Waals surface area contributed by atoms with E-state index < -0.39 is 0 Å². The Labute approximate surface area is 241 Å². The Balaban J connectivity index is 2.66. The number of hydrogen-bond acceptors (Lipinski definition) is 4. The molecular weight excluding hydrogens is 484 g/mol. The second-order valence-corrected chi connectivity index (χ2v) is 12.7. The van der Waals surface area contributed by atoms with Crippen molar-refractivity contribution in [1.29, 1.82) is 0 Å². The molecular formula is C35H60O4. The van der Waals surface area contributed by atoms with Gasteiger partial charge in [0.05, 0.1) is 0 Å². The van der Waals surface area contributed by atoms with Gasteiger partial charge in [-0.05, 0) is 74.0 Å². The van der Waals surface area contributed by atoms with E-state index in [0.717, 1.165) is 52.8 Å². The van der Waals surface area contributed by atoms with Crippen LogP contribution in [0.3, 0.4) is 0 Å². The van der Waals surface area contributed by atoms with Crippen molar-refractivity contribution in [2.24, 2.45) is 23.7 Å². The van der Waals surface area contributed by atoms with Gasteiger partial charge in [0.2, 0.25) is 0 Å². The molecule has 0 N–H and O–H groups in total. The van der Waals surface area contributed by atoms with Crippen molar-refractivity contribution in [1.82, 2.24) is 0 Å². The van der Waals surface area contributed by atoms with Gasteiger partial charge >= 0.3 is 11.9 Å². The van der Waals surface area contributed by atoms with E-state index in [4.69, 9.17) is 9.47 Å². The molecule has 0 aromatic heterocycles. The minimum Gasteiger partial charge on any atom is -0.426 e. The molecule has 0 aliphatic carbocycles. The SMILES string of the molecule is CCC(=O)Oc1c(C)c(C)c(OC(=O)CC)c(CC[C@@H](C)CCC[C@H](C)CCC[C@H](C)CCCC(C)C)c1C. The first kappa shape index (κ1) is 35.2. The number of benzene rings is 1. The van der Waals surface area contributed by atoms with Gasteiger partial charge in [-0.25, -0.2) is 0 Å². The molecule has 0 saturated carbocycles. The van der Waals surface area contributed by atoms with Gasteiger partial charge in [-0.3, -0.25) is 9.59 Å². The van der Waals surface area contributed by atoms with Gasteiger partial charge < -0.3 is 9.47 Å². The molecule has 3 atom stereocenters. The summed E-state index contributed by atoms with van der Waals surface area (Å²) >= 11 is 0. The smallest absolute Gasteiger partial charge is 0.310 e. The van der Waals surface area contributed by atoms with Gasteiger partial charge in [-0.2, -0.15) is 0 Å². The Morgan fingerprint density at radius 3 is 1.38 bits per heavy atom. The maximum Gasteiger partial charge on any atom is 0.310 e. The monoisotopic (exact) mass is 544 g/mol. The van der Waals surface area contributed by atoms with Crippen LogP contribution in [0.1, 0.15) is 148 Å². The Bertz CT molecular complexity index is 885. The average Bonchev–Trinajstić information content (AvgIpc) is 2.88. The molecule has 0 aliphatic rings. The summed E-state index contributed by atoms with van der Waals surface area (Å²) in [5, 5.41) is 0. The van der Waals surface area contributed by atoms with Gasteiger partial charge in [0.25, 0.3) is 0 Å². The summed E-state index contributed by atoms with van der Waals surface area (Å²) < 4.78 is 11.6. The lowest BCUT2D eigenvalue weighted by molar-refractivity contribution is -0.135. The molecule has 4 heteroatoms. The molecule has 0 heterocycles. The van der Waals surface area contributed by atoms with Crippen molar-refractivity contribution < 1.29 is 19.1 Å². The normalized spacial score (nSPS) is 13.8. The summed E-state index contributed by atoms with van der Waals surface area (Å²) in [6.45, 7) is 21.3. The van der Waals surface area contributed by atoms with Crippen LogP contribution in [-0.4, -0.2) is 11.9 Å². The maximum atomic E-state index is 12.2. The third kappa shape index (κ3) is 12.9. The molecule has 4 nitrogen and oxygen atoms in total. The summed E-state index contributed by atoms with van der Waals surface area (Å²) in [5.41, 5.74) is 3.66. The van der Waals surface area contributed by atoms with Gasteiger partial charge in [-0.1, -0.05) is 106 Å². The summed E-state index contributed by atoms with van der Waals surface area (Å²) in [6, 6.07) is 0. The van der Waals surface area contributed by atoms with Gasteiger partial charge in [0.1, 0.15) is 11.5 Å². The van der Waals surface area contributed by atoms with Crippen LogP contribution >= 0.6 is 0 Å². The van der Waals surface area contributed by atoms with E-state index in [1.165, 1.54) is 57.8 Å². The van der Waals surface area contributed by atoms with Crippen LogP contribution in [0.15, 0.2) is 0 Å². The molecule has 39 heavy (non-hydrogen) atoms. The van der Waals surface area contributed by atoms with Crippen LogP contribution in [-0.2, 0) is 16.0 Å². The Morgan fingerprint density at radius 2 is 0.949 bits per heavy atom. The van der Waals surface area contributed by atoms with E-state index >= 15 is 0 Å². The summed E-state index contributed by atoms with van der Waals surface area (Å²) in [4.78, 5) is 24.3. The zero-order valence-electron chi connectivity index (χ0n) is 27.1. The number of rotatable bonds is 19. The van der Waals surface area contributed by atoms with E-state index in [9.17, 15) is 9.59 Å². The molecule has 0 radical (unpaired) electrons. The van der Waals surface area contributed by atoms with E-state index in [1.54, 1.807) is 6.92 Å². The van der Waals surface area contributed by atoms with Crippen LogP contribution in [0, 0.1) is 44.4 Å². The zero-order valence-corrected chi connectivity index (χ0v) is 27.1. The van der Waals surface area contributed by atoms with E-state index in [1.807, 2.05) is 27.7 Å². The lowest BCUT2D eigenvalue weighted by atomic mass is 9.88. The molecule has 224 valence electrons. The highest BCUT2D eigenvalue weighted by atomic mass is 16.5. The quantitative estimate of drug-likeness (QED) is 0.128. The minimum absolute atomic E-state index is 0.233. The van der Waals surface area contributed by atoms with Crippen molar-refractivity contribution in [3.05, 3.63) is 22.3 Å². The molecule has 1 aromatic rings. The third-order valence-corrected chi connectivity index (χ3v) is 8.47. The van der Waals surface area contributed by atoms with Crippen LogP contribution in [0.5, 0.6) is 11.5 Å².